The van der Waals surface area contributed by atoms with Crippen LogP contribution < -0.4 is 5.73 Å². The van der Waals surface area contributed by atoms with Crippen LogP contribution in [0.2, 0.25) is 0 Å². The molecule has 17 heavy (non-hydrogen) atoms. The van der Waals surface area contributed by atoms with Gasteiger partial charge in [-0.3, -0.25) is 9.59 Å². The summed E-state index contributed by atoms with van der Waals surface area (Å²) in [5.74, 6) is -1.82. The van der Waals surface area contributed by atoms with Crippen LogP contribution in [0.4, 0.5) is 0 Å². The second-order valence-electron chi connectivity index (χ2n) is 3.72. The van der Waals surface area contributed by atoms with Gasteiger partial charge in [0.1, 0.15) is 6.04 Å². The van der Waals surface area contributed by atoms with Gasteiger partial charge < -0.3 is 15.9 Å². The quantitative estimate of drug-likeness (QED) is 0.644. The number of unbranched alkanes of at least 4 members (excludes halogenated alkanes) is 1. The largest absolute Gasteiger partial charge is 0.481 e. The fraction of sp³-hybridized carbons (Fsp3) is 0.455. The second kappa shape index (κ2) is 6.36. The van der Waals surface area contributed by atoms with Crippen molar-refractivity contribution in [3.8, 4) is 0 Å². The number of hydrogen-bond donors (Lipinski definition) is 3. The van der Waals surface area contributed by atoms with E-state index in [9.17, 15) is 9.59 Å². The molecule has 0 saturated heterocycles. The number of aryl methyl sites for hydroxylation is 1. The average Bonchev–Trinajstić information content (AvgIpc) is 2.71. The molecule has 4 N–H and O–H groups in total. The van der Waals surface area contributed by atoms with E-state index in [-0.39, 0.29) is 6.42 Å². The summed E-state index contributed by atoms with van der Waals surface area (Å²) in [6.07, 6.45) is 2.36. The van der Waals surface area contributed by atoms with E-state index in [2.05, 4.69) is 0 Å². The number of hydrogen-bond acceptors (Lipinski definition) is 4. The summed E-state index contributed by atoms with van der Waals surface area (Å²) in [5, 5.41) is 17.2. The Morgan fingerprint density at radius 1 is 1.29 bits per heavy atom. The molecular formula is C11H15NO4S. The number of thiophene rings is 1. The lowest BCUT2D eigenvalue weighted by Gasteiger charge is -2.01. The Balaban J connectivity index is 2.41. The van der Waals surface area contributed by atoms with Gasteiger partial charge in [0, 0.05) is 16.2 Å². The van der Waals surface area contributed by atoms with E-state index in [0.29, 0.717) is 11.3 Å². The van der Waals surface area contributed by atoms with Crippen molar-refractivity contribution in [1.82, 2.24) is 0 Å². The monoisotopic (exact) mass is 257 g/mol. The van der Waals surface area contributed by atoms with Crippen LogP contribution in [0.3, 0.4) is 0 Å². The molecule has 0 radical (unpaired) electrons. The fourth-order valence-corrected chi connectivity index (χ4v) is 2.44. The van der Waals surface area contributed by atoms with E-state index in [1.165, 1.54) is 11.3 Å². The number of carbonyl (C=O) groups is 2. The van der Waals surface area contributed by atoms with E-state index in [1.807, 2.05) is 6.07 Å². The van der Waals surface area contributed by atoms with Crippen LogP contribution in [-0.2, 0) is 16.0 Å². The second-order valence-corrected chi connectivity index (χ2v) is 4.92. The highest BCUT2D eigenvalue weighted by molar-refractivity contribution is 7.12. The van der Waals surface area contributed by atoms with Gasteiger partial charge in [-0.05, 0) is 31.4 Å². The molecule has 1 rings (SSSR count). The maximum absolute atomic E-state index is 10.7. The van der Waals surface area contributed by atoms with Crippen LogP contribution in [0.15, 0.2) is 12.1 Å². The Hall–Kier alpha value is -1.40. The minimum atomic E-state index is -1.04. The van der Waals surface area contributed by atoms with Gasteiger partial charge in [0.25, 0.3) is 0 Å². The molecule has 1 heterocycles. The van der Waals surface area contributed by atoms with Gasteiger partial charge in [0.05, 0.1) is 0 Å². The lowest BCUT2D eigenvalue weighted by atomic mass is 10.2. The summed E-state index contributed by atoms with van der Waals surface area (Å²) in [7, 11) is 0. The Morgan fingerprint density at radius 2 is 2.00 bits per heavy atom. The van der Waals surface area contributed by atoms with Crippen LogP contribution >= 0.6 is 11.3 Å². The fourth-order valence-electron chi connectivity index (χ4n) is 1.39. The van der Waals surface area contributed by atoms with Gasteiger partial charge in [-0.25, -0.2) is 0 Å². The topological polar surface area (TPSA) is 101 Å². The summed E-state index contributed by atoms with van der Waals surface area (Å²) in [5.41, 5.74) is 5.48. The van der Waals surface area contributed by atoms with Crippen molar-refractivity contribution >= 4 is 23.3 Å². The third-order valence-corrected chi connectivity index (χ3v) is 3.55. The molecule has 0 aromatic carbocycles. The van der Waals surface area contributed by atoms with Crippen LogP contribution in [0, 0.1) is 0 Å². The molecule has 0 aliphatic heterocycles. The molecular weight excluding hydrogens is 242 g/mol. The predicted octanol–water partition coefficient (Wildman–Crippen LogP) is 1.63. The average molecular weight is 257 g/mol. The van der Waals surface area contributed by atoms with Crippen LogP contribution in [-0.4, -0.2) is 22.2 Å². The third-order valence-electron chi connectivity index (χ3n) is 2.32. The molecule has 0 bridgehead atoms. The molecule has 5 nitrogen and oxygen atoms in total. The molecule has 1 atom stereocenters. The maximum atomic E-state index is 10.7. The smallest absolute Gasteiger partial charge is 0.325 e. The molecule has 0 unspecified atom stereocenters. The first-order valence-electron chi connectivity index (χ1n) is 5.29. The van der Waals surface area contributed by atoms with Crippen molar-refractivity contribution in [1.29, 1.82) is 0 Å². The molecule has 94 valence electrons. The number of carboxylic acids is 2. The maximum Gasteiger partial charge on any atom is 0.325 e. The van der Waals surface area contributed by atoms with E-state index in [1.54, 1.807) is 6.07 Å². The summed E-state index contributed by atoms with van der Waals surface area (Å²) in [4.78, 5) is 22.6. The van der Waals surface area contributed by atoms with Crippen molar-refractivity contribution < 1.29 is 19.8 Å². The minimum Gasteiger partial charge on any atom is -0.481 e. The first kappa shape index (κ1) is 13.7. The SMILES string of the molecule is N[C@@H](C(=O)O)c1ccc(CCCCC(=O)O)s1. The molecule has 1 aromatic heterocycles. The third kappa shape index (κ3) is 4.54. The molecule has 0 aliphatic rings. The predicted molar refractivity (Wildman–Crippen MR) is 64.1 cm³/mol. The molecule has 0 fully saturated rings. The first-order chi connectivity index (χ1) is 8.00. The zero-order valence-electron chi connectivity index (χ0n) is 9.26. The van der Waals surface area contributed by atoms with Crippen molar-refractivity contribution in [3.63, 3.8) is 0 Å². The van der Waals surface area contributed by atoms with Gasteiger partial charge in [0.2, 0.25) is 0 Å². The minimum absolute atomic E-state index is 0.173. The summed E-state index contributed by atoms with van der Waals surface area (Å²) < 4.78 is 0. The van der Waals surface area contributed by atoms with Crippen LogP contribution in [0.1, 0.15) is 35.1 Å². The number of aliphatic carboxylic acids is 2. The lowest BCUT2D eigenvalue weighted by molar-refractivity contribution is -0.139. The van der Waals surface area contributed by atoms with E-state index >= 15 is 0 Å². The molecule has 0 spiro atoms. The van der Waals surface area contributed by atoms with Gasteiger partial charge in [-0.2, -0.15) is 0 Å². The standard InChI is InChI=1S/C11H15NO4S/c12-10(11(15)16)8-6-5-7(17-8)3-1-2-4-9(13)14/h5-6,10H,1-4,12H2,(H,13,14)(H,15,16)/t10-/m1/s1. The van der Waals surface area contributed by atoms with Crippen LogP contribution in [0.5, 0.6) is 0 Å². The Kier molecular flexibility index (Phi) is 5.11. The molecule has 1 aromatic rings. The normalized spacial score (nSPS) is 12.3. The highest BCUT2D eigenvalue weighted by Gasteiger charge is 2.16. The number of nitrogens with two attached hydrogens (primary N) is 1. The molecule has 6 heteroatoms. The van der Waals surface area contributed by atoms with Crippen molar-refractivity contribution in [2.75, 3.05) is 0 Å². The Morgan fingerprint density at radius 3 is 2.59 bits per heavy atom. The first-order valence-corrected chi connectivity index (χ1v) is 6.11. The van der Waals surface area contributed by atoms with Crippen molar-refractivity contribution in [3.05, 3.63) is 21.9 Å². The molecule has 0 saturated carbocycles. The van der Waals surface area contributed by atoms with Crippen LogP contribution in [0.25, 0.3) is 0 Å². The zero-order chi connectivity index (χ0) is 12.8. The Labute approximate surface area is 103 Å². The number of rotatable bonds is 7. The summed E-state index contributed by atoms with van der Waals surface area (Å²) in [6, 6.07) is 2.60. The highest BCUT2D eigenvalue weighted by Crippen LogP contribution is 2.23. The summed E-state index contributed by atoms with van der Waals surface area (Å²) >= 11 is 1.37. The highest BCUT2D eigenvalue weighted by atomic mass is 32.1. The van der Waals surface area contributed by atoms with E-state index in [4.69, 9.17) is 15.9 Å². The molecule has 0 amide bonds. The van der Waals surface area contributed by atoms with Gasteiger partial charge in [-0.1, -0.05) is 0 Å². The zero-order valence-corrected chi connectivity index (χ0v) is 10.1. The van der Waals surface area contributed by atoms with E-state index in [0.717, 1.165) is 17.7 Å². The van der Waals surface area contributed by atoms with E-state index < -0.39 is 18.0 Å². The van der Waals surface area contributed by atoms with Gasteiger partial charge in [-0.15, -0.1) is 11.3 Å². The van der Waals surface area contributed by atoms with Crippen molar-refractivity contribution in [2.24, 2.45) is 5.73 Å². The van der Waals surface area contributed by atoms with Gasteiger partial charge in [0.15, 0.2) is 0 Å². The molecule has 0 aliphatic carbocycles. The van der Waals surface area contributed by atoms with Crippen molar-refractivity contribution in [2.45, 2.75) is 31.7 Å². The Bertz CT molecular complexity index is 402. The summed E-state index contributed by atoms with van der Waals surface area (Å²) in [6.45, 7) is 0. The lowest BCUT2D eigenvalue weighted by Crippen LogP contribution is -2.19. The van der Waals surface area contributed by atoms with Gasteiger partial charge >= 0.3 is 11.9 Å². The number of carboxylic acid groups (broad SMARTS) is 2.